The molecule has 1 aliphatic rings. The van der Waals surface area contributed by atoms with Crippen LogP contribution in [0.3, 0.4) is 0 Å². The van der Waals surface area contributed by atoms with Gasteiger partial charge in [-0.1, -0.05) is 0 Å². The Morgan fingerprint density at radius 3 is 3.21 bits per heavy atom. The zero-order chi connectivity index (χ0) is 9.97. The lowest BCUT2D eigenvalue weighted by molar-refractivity contribution is 0.119. The molecule has 1 aromatic rings. The second-order valence-corrected chi connectivity index (χ2v) is 4.53. The third kappa shape index (κ3) is 1.97. The average Bonchev–Trinajstić information content (AvgIpc) is 2.86. The molecule has 4 heteroatoms. The predicted molar refractivity (Wildman–Crippen MR) is 57.5 cm³/mol. The van der Waals surface area contributed by atoms with Crippen molar-refractivity contribution in [1.82, 2.24) is 10.3 Å². The first-order chi connectivity index (χ1) is 6.81. The average molecular weight is 212 g/mol. The number of rotatable bonds is 3. The number of hydrogen-bond donors (Lipinski definition) is 1. The van der Waals surface area contributed by atoms with Crippen molar-refractivity contribution in [1.29, 1.82) is 0 Å². The first-order valence-electron chi connectivity index (χ1n) is 5.02. The highest BCUT2D eigenvalue weighted by Gasteiger charge is 2.20. The van der Waals surface area contributed by atoms with Crippen LogP contribution in [-0.4, -0.2) is 18.6 Å². The summed E-state index contributed by atoms with van der Waals surface area (Å²) in [7, 11) is 1.72. The quantitative estimate of drug-likeness (QED) is 0.834. The lowest BCUT2D eigenvalue weighted by atomic mass is 10.2. The molecule has 2 rings (SSSR count). The minimum absolute atomic E-state index is 0.121. The second-order valence-electron chi connectivity index (χ2n) is 3.64. The highest BCUT2D eigenvalue weighted by atomic mass is 32.1. The molecule has 0 aromatic carbocycles. The molecule has 1 aliphatic heterocycles. The SMILES string of the molecule is COC(C)c1nc([C@@H]2CCCN2)cs1. The van der Waals surface area contributed by atoms with Crippen LogP contribution in [0.15, 0.2) is 5.38 Å². The van der Waals surface area contributed by atoms with E-state index in [-0.39, 0.29) is 6.10 Å². The maximum absolute atomic E-state index is 5.24. The molecule has 1 fully saturated rings. The molecule has 1 N–H and O–H groups in total. The van der Waals surface area contributed by atoms with E-state index in [4.69, 9.17) is 4.74 Å². The van der Waals surface area contributed by atoms with Crippen molar-refractivity contribution in [3.8, 4) is 0 Å². The molecule has 1 aromatic heterocycles. The number of hydrogen-bond acceptors (Lipinski definition) is 4. The van der Waals surface area contributed by atoms with Crippen LogP contribution >= 0.6 is 11.3 Å². The molecule has 1 unspecified atom stereocenters. The Balaban J connectivity index is 2.08. The van der Waals surface area contributed by atoms with Gasteiger partial charge in [0.25, 0.3) is 0 Å². The summed E-state index contributed by atoms with van der Waals surface area (Å²) in [5, 5.41) is 6.67. The van der Waals surface area contributed by atoms with Gasteiger partial charge in [0.2, 0.25) is 0 Å². The van der Waals surface area contributed by atoms with E-state index >= 15 is 0 Å². The van der Waals surface area contributed by atoms with Gasteiger partial charge < -0.3 is 10.1 Å². The van der Waals surface area contributed by atoms with E-state index in [1.54, 1.807) is 18.4 Å². The zero-order valence-electron chi connectivity index (χ0n) is 8.62. The number of methoxy groups -OCH3 is 1. The van der Waals surface area contributed by atoms with E-state index in [2.05, 4.69) is 15.7 Å². The molecule has 0 radical (unpaired) electrons. The van der Waals surface area contributed by atoms with Gasteiger partial charge in [-0.3, -0.25) is 0 Å². The largest absolute Gasteiger partial charge is 0.375 e. The molecule has 3 nitrogen and oxygen atoms in total. The van der Waals surface area contributed by atoms with Crippen LogP contribution in [0.2, 0.25) is 0 Å². The molecule has 0 amide bonds. The summed E-state index contributed by atoms with van der Waals surface area (Å²) in [5.41, 5.74) is 1.19. The van der Waals surface area contributed by atoms with Crippen molar-refractivity contribution in [2.24, 2.45) is 0 Å². The molecular weight excluding hydrogens is 196 g/mol. The summed E-state index contributed by atoms with van der Waals surface area (Å²) in [6.07, 6.45) is 2.59. The normalized spacial score (nSPS) is 24.0. The summed E-state index contributed by atoms with van der Waals surface area (Å²) in [6.45, 7) is 3.15. The fourth-order valence-corrected chi connectivity index (χ4v) is 2.59. The lowest BCUT2D eigenvalue weighted by Gasteiger charge is -2.06. The first-order valence-corrected chi connectivity index (χ1v) is 5.90. The maximum Gasteiger partial charge on any atom is 0.122 e. The minimum Gasteiger partial charge on any atom is -0.375 e. The number of ether oxygens (including phenoxy) is 1. The Bertz CT molecular complexity index is 294. The van der Waals surface area contributed by atoms with Crippen molar-refractivity contribution in [3.63, 3.8) is 0 Å². The van der Waals surface area contributed by atoms with Crippen LogP contribution in [0.1, 0.15) is 42.6 Å². The summed E-state index contributed by atoms with van der Waals surface area (Å²) in [6, 6.07) is 0.476. The van der Waals surface area contributed by atoms with Gasteiger partial charge >= 0.3 is 0 Å². The van der Waals surface area contributed by atoms with Gasteiger partial charge in [0.05, 0.1) is 11.7 Å². The summed E-state index contributed by atoms with van der Waals surface area (Å²) in [4.78, 5) is 4.59. The van der Waals surface area contributed by atoms with Crippen LogP contribution in [0, 0.1) is 0 Å². The summed E-state index contributed by atoms with van der Waals surface area (Å²) in [5.74, 6) is 0. The monoisotopic (exact) mass is 212 g/mol. The van der Waals surface area contributed by atoms with Crippen LogP contribution in [-0.2, 0) is 4.74 Å². The van der Waals surface area contributed by atoms with Gasteiger partial charge in [0.15, 0.2) is 0 Å². The molecule has 0 saturated carbocycles. The Hall–Kier alpha value is -0.450. The second kappa shape index (κ2) is 4.38. The Labute approximate surface area is 88.5 Å². The zero-order valence-corrected chi connectivity index (χ0v) is 9.43. The van der Waals surface area contributed by atoms with E-state index in [0.717, 1.165) is 11.6 Å². The topological polar surface area (TPSA) is 34.1 Å². The van der Waals surface area contributed by atoms with E-state index in [1.165, 1.54) is 18.5 Å². The maximum atomic E-state index is 5.24. The highest BCUT2D eigenvalue weighted by Crippen LogP contribution is 2.27. The van der Waals surface area contributed by atoms with Crippen LogP contribution in [0.25, 0.3) is 0 Å². The molecule has 0 spiro atoms. The standard InChI is InChI=1S/C10H16N2OS/c1-7(13-2)10-12-9(6-14-10)8-4-3-5-11-8/h6-8,11H,3-5H2,1-2H3/t7?,8-/m0/s1. The molecule has 0 bridgehead atoms. The molecule has 14 heavy (non-hydrogen) atoms. The highest BCUT2D eigenvalue weighted by molar-refractivity contribution is 7.09. The smallest absolute Gasteiger partial charge is 0.122 e. The predicted octanol–water partition coefficient (Wildman–Crippen LogP) is 2.28. The van der Waals surface area contributed by atoms with Crippen molar-refractivity contribution < 1.29 is 4.74 Å². The van der Waals surface area contributed by atoms with Crippen molar-refractivity contribution >= 4 is 11.3 Å². The lowest BCUT2D eigenvalue weighted by Crippen LogP contribution is -2.13. The van der Waals surface area contributed by atoms with Gasteiger partial charge in [-0.15, -0.1) is 11.3 Å². The number of nitrogens with zero attached hydrogens (tertiary/aromatic N) is 1. The van der Waals surface area contributed by atoms with Gasteiger partial charge in [-0.05, 0) is 26.3 Å². The van der Waals surface area contributed by atoms with Gasteiger partial charge in [-0.2, -0.15) is 0 Å². The molecular formula is C10H16N2OS. The third-order valence-electron chi connectivity index (χ3n) is 2.66. The van der Waals surface area contributed by atoms with Crippen LogP contribution in [0.4, 0.5) is 0 Å². The molecule has 2 heterocycles. The van der Waals surface area contributed by atoms with Crippen LogP contribution < -0.4 is 5.32 Å². The Morgan fingerprint density at radius 1 is 1.71 bits per heavy atom. The van der Waals surface area contributed by atoms with E-state index in [0.29, 0.717) is 6.04 Å². The summed E-state index contributed by atoms with van der Waals surface area (Å²) < 4.78 is 5.24. The van der Waals surface area contributed by atoms with E-state index in [9.17, 15) is 0 Å². The third-order valence-corrected chi connectivity index (χ3v) is 3.68. The van der Waals surface area contributed by atoms with Gasteiger partial charge in [-0.25, -0.2) is 4.98 Å². The Morgan fingerprint density at radius 2 is 2.57 bits per heavy atom. The fourth-order valence-electron chi connectivity index (χ4n) is 1.69. The van der Waals surface area contributed by atoms with E-state index < -0.39 is 0 Å². The molecule has 1 saturated heterocycles. The Kier molecular flexibility index (Phi) is 3.15. The number of thiazole rings is 1. The van der Waals surface area contributed by atoms with Crippen molar-refractivity contribution in [3.05, 3.63) is 16.1 Å². The van der Waals surface area contributed by atoms with Crippen molar-refractivity contribution in [2.45, 2.75) is 31.9 Å². The fraction of sp³-hybridized carbons (Fsp3) is 0.700. The number of aromatic nitrogens is 1. The molecule has 2 atom stereocenters. The number of nitrogens with one attached hydrogen (secondary N) is 1. The first kappa shape index (κ1) is 10.1. The molecule has 78 valence electrons. The van der Waals surface area contributed by atoms with Crippen LogP contribution in [0.5, 0.6) is 0 Å². The van der Waals surface area contributed by atoms with Crippen molar-refractivity contribution in [2.75, 3.05) is 13.7 Å². The van der Waals surface area contributed by atoms with E-state index in [1.807, 2.05) is 6.92 Å². The molecule has 0 aliphatic carbocycles. The van der Waals surface area contributed by atoms with Gasteiger partial charge in [0, 0.05) is 12.5 Å². The van der Waals surface area contributed by atoms with Gasteiger partial charge in [0.1, 0.15) is 11.1 Å². The summed E-state index contributed by atoms with van der Waals surface area (Å²) >= 11 is 1.69. The minimum atomic E-state index is 0.121.